The number of carboxylic acids is 2. The van der Waals surface area contributed by atoms with Crippen molar-refractivity contribution in [2.24, 2.45) is 11.8 Å². The van der Waals surface area contributed by atoms with Crippen LogP contribution < -0.4 is 16.1 Å². The lowest BCUT2D eigenvalue weighted by atomic mass is 9.78. The SMILES string of the molecule is C[C@@H](O)[C@@H]1C(=O)N2C(C(=O)O)=C(COC(=O)NC3CNC[C@@H]3c3c(F)cc4c(=O)c(C(=O)O)cn(C5CC5)c4c3F)[C@H](C)[C@H]12. The molecule has 4 aliphatic rings. The van der Waals surface area contributed by atoms with Gasteiger partial charge in [0.1, 0.15) is 23.7 Å². The Labute approximate surface area is 248 Å². The molecule has 6 atom stereocenters. The molecule has 5 N–H and O–H groups in total. The van der Waals surface area contributed by atoms with Crippen molar-refractivity contribution in [3.8, 4) is 0 Å². The fourth-order valence-corrected chi connectivity index (χ4v) is 6.89. The molecule has 0 bridgehead atoms. The average Bonchev–Trinajstić information content (AvgIpc) is 3.64. The lowest BCUT2D eigenvalue weighted by molar-refractivity contribution is -0.163. The molecule has 2 aromatic rings. The number of β-lactam (4-membered cyclic amide) rings is 1. The number of nitrogens with one attached hydrogen (secondary N) is 2. The van der Waals surface area contributed by atoms with Crippen molar-refractivity contribution in [3.05, 3.63) is 56.5 Å². The quantitative estimate of drug-likeness (QED) is 0.271. The predicted octanol–water partition coefficient (Wildman–Crippen LogP) is 1.29. The Bertz CT molecular complexity index is 1720. The standard InChI is InChI=1S/C29H30F2N4O9/c1-10-16(24(28(41)42)35-22(10)19(11(2)36)26(35)38)9-44-29(43)33-18-7-32-6-14(18)20-17(30)5-13-23(21(20)31)34(12-3-4-12)8-15(25(13)37)27(39)40/h5,8,10-12,14,18-19,22,32,36H,3-4,6-7,9H2,1-2H3,(H,33,43)(H,39,40)(H,41,42)/t10-,11+,14-,18?,19-,22+/m0/s1. The number of hydrogen-bond acceptors (Lipinski definition) is 8. The fourth-order valence-electron chi connectivity index (χ4n) is 6.89. The third-order valence-electron chi connectivity index (χ3n) is 9.18. The van der Waals surface area contributed by atoms with E-state index in [0.29, 0.717) is 12.8 Å². The molecule has 0 spiro atoms. The Morgan fingerprint density at radius 2 is 1.86 bits per heavy atom. The second-order valence-corrected chi connectivity index (χ2v) is 11.8. The van der Waals surface area contributed by atoms with E-state index in [1.165, 1.54) is 11.5 Å². The monoisotopic (exact) mass is 616 g/mol. The molecule has 1 unspecified atom stereocenters. The number of aromatic carboxylic acids is 1. The molecule has 15 heteroatoms. The molecule has 1 aromatic carbocycles. The zero-order valence-corrected chi connectivity index (χ0v) is 23.7. The third kappa shape index (κ3) is 4.53. The number of aromatic nitrogens is 1. The van der Waals surface area contributed by atoms with E-state index in [-0.39, 0.29) is 46.9 Å². The number of fused-ring (bicyclic) bond motifs is 2. The fraction of sp³-hybridized carbons (Fsp3) is 0.483. The number of aliphatic hydroxyl groups is 1. The molecule has 4 heterocycles. The summed E-state index contributed by atoms with van der Waals surface area (Å²) < 4.78 is 38.3. The predicted molar refractivity (Wildman–Crippen MR) is 147 cm³/mol. The summed E-state index contributed by atoms with van der Waals surface area (Å²) >= 11 is 0. The lowest BCUT2D eigenvalue weighted by Crippen LogP contribution is -2.63. The molecular weight excluding hydrogens is 586 g/mol. The minimum Gasteiger partial charge on any atom is -0.477 e. The van der Waals surface area contributed by atoms with Crippen molar-refractivity contribution in [3.63, 3.8) is 0 Å². The number of hydrogen-bond donors (Lipinski definition) is 5. The first-order chi connectivity index (χ1) is 20.8. The highest BCUT2D eigenvalue weighted by Crippen LogP contribution is 2.47. The Kier molecular flexibility index (Phi) is 7.19. The Hall–Kier alpha value is -4.37. The van der Waals surface area contributed by atoms with E-state index in [9.17, 15) is 39.3 Å². The normalized spacial score (nSPS) is 26.9. The Balaban J connectivity index is 1.24. The van der Waals surface area contributed by atoms with Crippen LogP contribution in [-0.2, 0) is 14.3 Å². The molecule has 44 heavy (non-hydrogen) atoms. The first kappa shape index (κ1) is 29.7. The van der Waals surface area contributed by atoms with Gasteiger partial charge in [0.05, 0.1) is 35.0 Å². The molecule has 1 aliphatic carbocycles. The van der Waals surface area contributed by atoms with Crippen LogP contribution in [0, 0.1) is 23.5 Å². The number of halogens is 2. The molecular formula is C29H30F2N4O9. The van der Waals surface area contributed by atoms with Crippen molar-refractivity contribution in [1.29, 1.82) is 0 Å². The first-order valence-corrected chi connectivity index (χ1v) is 14.2. The van der Waals surface area contributed by atoms with Gasteiger partial charge in [0.25, 0.3) is 0 Å². The van der Waals surface area contributed by atoms with Crippen molar-refractivity contribution in [1.82, 2.24) is 20.1 Å². The van der Waals surface area contributed by atoms with Crippen LogP contribution in [0.5, 0.6) is 0 Å². The van der Waals surface area contributed by atoms with Gasteiger partial charge in [0.2, 0.25) is 11.3 Å². The molecule has 1 saturated carbocycles. The van der Waals surface area contributed by atoms with Crippen LogP contribution in [0.25, 0.3) is 10.9 Å². The summed E-state index contributed by atoms with van der Waals surface area (Å²) in [6.45, 7) is 2.83. The van der Waals surface area contributed by atoms with Crippen molar-refractivity contribution in [2.45, 2.75) is 56.8 Å². The maximum Gasteiger partial charge on any atom is 0.407 e. The number of carbonyl (C=O) groups is 4. The molecule has 1 aromatic heterocycles. The summed E-state index contributed by atoms with van der Waals surface area (Å²) in [6.07, 6.45) is 0.373. The number of carbonyl (C=O) groups excluding carboxylic acids is 2. The third-order valence-corrected chi connectivity index (χ3v) is 9.18. The van der Waals surface area contributed by atoms with Gasteiger partial charge in [-0.05, 0) is 25.8 Å². The zero-order valence-electron chi connectivity index (χ0n) is 23.7. The van der Waals surface area contributed by atoms with Gasteiger partial charge in [-0.15, -0.1) is 0 Å². The lowest BCUT2D eigenvalue weighted by Gasteiger charge is -2.46. The van der Waals surface area contributed by atoms with Gasteiger partial charge >= 0.3 is 18.0 Å². The highest BCUT2D eigenvalue weighted by Gasteiger charge is 2.60. The van der Waals surface area contributed by atoms with E-state index in [1.54, 1.807) is 6.92 Å². The molecule has 3 aliphatic heterocycles. The largest absolute Gasteiger partial charge is 0.477 e. The average molecular weight is 617 g/mol. The van der Waals surface area contributed by atoms with Crippen LogP contribution in [0.4, 0.5) is 13.6 Å². The van der Waals surface area contributed by atoms with Gasteiger partial charge < -0.3 is 40.2 Å². The number of pyridine rings is 1. The number of amides is 2. The van der Waals surface area contributed by atoms with Crippen LogP contribution in [0.3, 0.4) is 0 Å². The van der Waals surface area contributed by atoms with Crippen molar-refractivity contribution < 1.29 is 48.0 Å². The van der Waals surface area contributed by atoms with Crippen LogP contribution in [-0.4, -0.2) is 86.6 Å². The molecule has 3 fully saturated rings. The topological polar surface area (TPSA) is 188 Å². The van der Waals surface area contributed by atoms with Crippen LogP contribution >= 0.6 is 0 Å². The highest BCUT2D eigenvalue weighted by molar-refractivity contribution is 6.00. The maximum absolute atomic E-state index is 16.1. The number of benzene rings is 1. The number of nitrogens with zero attached hydrogens (tertiary/aromatic N) is 2. The summed E-state index contributed by atoms with van der Waals surface area (Å²) in [5.41, 5.74) is -2.28. The molecule has 13 nitrogen and oxygen atoms in total. The van der Waals surface area contributed by atoms with Gasteiger partial charge in [-0.25, -0.2) is 23.2 Å². The van der Waals surface area contributed by atoms with Crippen LogP contribution in [0.2, 0.25) is 0 Å². The molecule has 234 valence electrons. The van der Waals surface area contributed by atoms with Gasteiger partial charge in [-0.2, -0.15) is 0 Å². The van der Waals surface area contributed by atoms with E-state index in [2.05, 4.69) is 10.6 Å². The Morgan fingerprint density at radius 3 is 2.48 bits per heavy atom. The summed E-state index contributed by atoms with van der Waals surface area (Å²) in [5.74, 6) is -7.72. The first-order valence-electron chi connectivity index (χ1n) is 14.2. The number of rotatable bonds is 8. The number of alkyl carbamates (subject to hydrolysis) is 1. The molecule has 2 amide bonds. The van der Waals surface area contributed by atoms with E-state index >= 15 is 8.78 Å². The second kappa shape index (κ2) is 10.7. The van der Waals surface area contributed by atoms with E-state index in [1.807, 2.05) is 0 Å². The molecule has 2 saturated heterocycles. The van der Waals surface area contributed by atoms with Crippen molar-refractivity contribution in [2.75, 3.05) is 19.7 Å². The summed E-state index contributed by atoms with van der Waals surface area (Å²) in [6, 6.07) is -0.854. The van der Waals surface area contributed by atoms with Crippen LogP contribution in [0.15, 0.2) is 28.3 Å². The minimum absolute atomic E-state index is 0.0655. The minimum atomic E-state index is -1.50. The van der Waals surface area contributed by atoms with Crippen LogP contribution in [0.1, 0.15) is 54.6 Å². The summed E-state index contributed by atoms with van der Waals surface area (Å²) in [4.78, 5) is 62.9. The van der Waals surface area contributed by atoms with Gasteiger partial charge in [-0.3, -0.25) is 9.59 Å². The number of aliphatic carboxylic acids is 1. The Morgan fingerprint density at radius 1 is 1.16 bits per heavy atom. The number of aliphatic hydroxyl groups excluding tert-OH is 1. The number of carboxylic acid groups (broad SMARTS) is 2. The molecule has 6 rings (SSSR count). The molecule has 0 radical (unpaired) electrons. The zero-order chi connectivity index (χ0) is 31.8. The van der Waals surface area contributed by atoms with E-state index in [4.69, 9.17) is 4.74 Å². The summed E-state index contributed by atoms with van der Waals surface area (Å²) in [7, 11) is 0. The van der Waals surface area contributed by atoms with Gasteiger partial charge in [0, 0.05) is 48.3 Å². The smallest absolute Gasteiger partial charge is 0.407 e. The number of ether oxygens (including phenoxy) is 1. The highest BCUT2D eigenvalue weighted by atomic mass is 19.1. The maximum atomic E-state index is 16.1. The van der Waals surface area contributed by atoms with Gasteiger partial charge in [0.15, 0.2) is 5.82 Å². The van der Waals surface area contributed by atoms with Crippen molar-refractivity contribution >= 4 is 34.8 Å². The van der Waals surface area contributed by atoms with E-state index < -0.39 is 89.1 Å². The summed E-state index contributed by atoms with van der Waals surface area (Å²) in [5, 5.41) is 34.4. The van der Waals surface area contributed by atoms with E-state index in [0.717, 1.165) is 17.2 Å². The van der Waals surface area contributed by atoms with Gasteiger partial charge in [-0.1, -0.05) is 6.92 Å². The second-order valence-electron chi connectivity index (χ2n) is 11.8.